The maximum atomic E-state index is 11.9. The first kappa shape index (κ1) is 17.3. The van der Waals surface area contributed by atoms with Gasteiger partial charge in [0.15, 0.2) is 0 Å². The number of ether oxygens (including phenoxy) is 1. The molecule has 1 aromatic carbocycles. The lowest BCUT2D eigenvalue weighted by Crippen LogP contribution is -2.24. The summed E-state index contributed by atoms with van der Waals surface area (Å²) in [6, 6.07) is 4.14. The van der Waals surface area contributed by atoms with Gasteiger partial charge < -0.3 is 15.4 Å². The summed E-state index contributed by atoms with van der Waals surface area (Å²) in [5, 5.41) is 4.81. The fourth-order valence-corrected chi connectivity index (χ4v) is 1.52. The fourth-order valence-electron chi connectivity index (χ4n) is 1.35. The van der Waals surface area contributed by atoms with Crippen molar-refractivity contribution in [1.29, 1.82) is 0 Å². The lowest BCUT2D eigenvalue weighted by Gasteiger charge is -2.10. The van der Waals surface area contributed by atoms with E-state index in [-0.39, 0.29) is 16.3 Å². The number of carbonyl (C=O) groups is 2. The van der Waals surface area contributed by atoms with Gasteiger partial charge in [-0.05, 0) is 18.2 Å². The van der Waals surface area contributed by atoms with Crippen LogP contribution in [0, 0.1) is 0 Å². The van der Waals surface area contributed by atoms with Gasteiger partial charge in [-0.2, -0.15) is 13.2 Å². The number of rotatable bonds is 5. The molecule has 0 unspecified atom stereocenters. The number of anilines is 1. The van der Waals surface area contributed by atoms with Crippen LogP contribution in [0.2, 0.25) is 5.02 Å². The normalized spacial score (nSPS) is 11.1. The molecule has 0 aliphatic heterocycles. The van der Waals surface area contributed by atoms with Crippen LogP contribution >= 0.6 is 11.6 Å². The molecule has 0 aliphatic rings. The first-order valence-corrected chi connectivity index (χ1v) is 6.06. The average molecular weight is 325 g/mol. The molecule has 0 aliphatic carbocycles. The van der Waals surface area contributed by atoms with Gasteiger partial charge in [-0.15, -0.1) is 0 Å². The first-order chi connectivity index (χ1) is 9.73. The van der Waals surface area contributed by atoms with Crippen LogP contribution < -0.4 is 10.6 Å². The SMILES string of the molecule is CNC(=O)c1ccc(Cl)c(NC(=O)COCC(F)(F)F)c1. The molecule has 1 aromatic rings. The molecule has 0 saturated heterocycles. The van der Waals surface area contributed by atoms with Gasteiger partial charge in [0.2, 0.25) is 5.91 Å². The topological polar surface area (TPSA) is 67.4 Å². The molecule has 2 amide bonds. The van der Waals surface area contributed by atoms with Crippen LogP contribution in [0.25, 0.3) is 0 Å². The van der Waals surface area contributed by atoms with E-state index in [2.05, 4.69) is 15.4 Å². The molecule has 0 spiro atoms. The van der Waals surface area contributed by atoms with E-state index in [0.717, 1.165) is 0 Å². The highest BCUT2D eigenvalue weighted by molar-refractivity contribution is 6.33. The van der Waals surface area contributed by atoms with Crippen molar-refractivity contribution in [3.8, 4) is 0 Å². The highest BCUT2D eigenvalue weighted by Gasteiger charge is 2.27. The molecule has 0 atom stereocenters. The summed E-state index contributed by atoms with van der Waals surface area (Å²) in [5.41, 5.74) is 0.354. The van der Waals surface area contributed by atoms with Crippen molar-refractivity contribution in [2.45, 2.75) is 6.18 Å². The molecule has 2 N–H and O–H groups in total. The number of carbonyl (C=O) groups excluding carboxylic acids is 2. The summed E-state index contributed by atoms with van der Waals surface area (Å²) in [6.07, 6.45) is -4.50. The smallest absolute Gasteiger partial charge is 0.362 e. The Hall–Kier alpha value is -1.80. The van der Waals surface area contributed by atoms with Crippen LogP contribution in [-0.4, -0.2) is 38.3 Å². The van der Waals surface area contributed by atoms with Crippen molar-refractivity contribution < 1.29 is 27.5 Å². The highest BCUT2D eigenvalue weighted by atomic mass is 35.5. The zero-order chi connectivity index (χ0) is 16.0. The van der Waals surface area contributed by atoms with Crippen molar-refractivity contribution in [1.82, 2.24) is 5.32 Å². The molecule has 0 radical (unpaired) electrons. The highest BCUT2D eigenvalue weighted by Crippen LogP contribution is 2.23. The molecule has 9 heteroatoms. The van der Waals surface area contributed by atoms with Crippen LogP contribution in [0.1, 0.15) is 10.4 Å². The van der Waals surface area contributed by atoms with E-state index in [4.69, 9.17) is 11.6 Å². The molecular formula is C12H12ClF3N2O3. The van der Waals surface area contributed by atoms with Crippen molar-refractivity contribution in [2.24, 2.45) is 0 Å². The maximum absolute atomic E-state index is 11.9. The molecule has 0 saturated carbocycles. The van der Waals surface area contributed by atoms with E-state index in [1.807, 2.05) is 0 Å². The summed E-state index contributed by atoms with van der Waals surface area (Å²) in [4.78, 5) is 22.9. The standard InChI is InChI=1S/C12H12ClF3N2O3/c1-17-11(20)7-2-3-8(13)9(4-7)18-10(19)5-21-6-12(14,15)16/h2-4H,5-6H2,1H3,(H,17,20)(H,18,19). The third kappa shape index (κ3) is 6.01. The van der Waals surface area contributed by atoms with E-state index in [1.165, 1.54) is 25.2 Å². The number of alkyl halides is 3. The van der Waals surface area contributed by atoms with Gasteiger partial charge in [-0.3, -0.25) is 9.59 Å². The van der Waals surface area contributed by atoms with Gasteiger partial charge in [0.1, 0.15) is 13.2 Å². The number of hydrogen-bond acceptors (Lipinski definition) is 3. The number of nitrogens with one attached hydrogen (secondary N) is 2. The predicted molar refractivity (Wildman–Crippen MR) is 70.3 cm³/mol. The van der Waals surface area contributed by atoms with Crippen LogP contribution in [-0.2, 0) is 9.53 Å². The minimum Gasteiger partial charge on any atom is -0.362 e. The van der Waals surface area contributed by atoms with Gasteiger partial charge in [0.25, 0.3) is 5.91 Å². The van der Waals surface area contributed by atoms with Crippen molar-refractivity contribution in [2.75, 3.05) is 25.6 Å². The van der Waals surface area contributed by atoms with Crippen LogP contribution in [0.5, 0.6) is 0 Å². The minimum atomic E-state index is -4.50. The summed E-state index contributed by atoms with van der Waals surface area (Å²) in [6.45, 7) is -2.30. The largest absolute Gasteiger partial charge is 0.411 e. The number of amides is 2. The van der Waals surface area contributed by atoms with Crippen LogP contribution in [0.15, 0.2) is 18.2 Å². The molecule has 0 heterocycles. The number of benzene rings is 1. The summed E-state index contributed by atoms with van der Waals surface area (Å²) < 4.78 is 39.8. The van der Waals surface area contributed by atoms with Gasteiger partial charge >= 0.3 is 6.18 Å². The Morgan fingerprint density at radius 1 is 1.33 bits per heavy atom. The zero-order valence-corrected chi connectivity index (χ0v) is 11.6. The van der Waals surface area contributed by atoms with Crippen molar-refractivity contribution in [3.05, 3.63) is 28.8 Å². The first-order valence-electron chi connectivity index (χ1n) is 5.69. The van der Waals surface area contributed by atoms with Crippen LogP contribution in [0.4, 0.5) is 18.9 Å². The quantitative estimate of drug-likeness (QED) is 0.872. The van der Waals surface area contributed by atoms with E-state index in [1.54, 1.807) is 0 Å². The number of hydrogen-bond donors (Lipinski definition) is 2. The molecule has 21 heavy (non-hydrogen) atoms. The second kappa shape index (κ2) is 7.28. The lowest BCUT2D eigenvalue weighted by molar-refractivity contribution is -0.174. The third-order valence-electron chi connectivity index (χ3n) is 2.23. The van der Waals surface area contributed by atoms with E-state index in [9.17, 15) is 22.8 Å². The second-order valence-corrected chi connectivity index (χ2v) is 4.34. The molecule has 5 nitrogen and oxygen atoms in total. The van der Waals surface area contributed by atoms with Gasteiger partial charge in [-0.25, -0.2) is 0 Å². The molecule has 0 fully saturated rings. The van der Waals surface area contributed by atoms with Gasteiger partial charge in [-0.1, -0.05) is 11.6 Å². The third-order valence-corrected chi connectivity index (χ3v) is 2.56. The van der Waals surface area contributed by atoms with Crippen molar-refractivity contribution >= 4 is 29.1 Å². The molecule has 1 rings (SSSR count). The minimum absolute atomic E-state index is 0.110. The number of halogens is 4. The maximum Gasteiger partial charge on any atom is 0.411 e. The summed E-state index contributed by atoms with van der Waals surface area (Å²) in [5.74, 6) is -1.20. The molecule has 0 aromatic heterocycles. The van der Waals surface area contributed by atoms with E-state index >= 15 is 0 Å². The Morgan fingerprint density at radius 3 is 2.57 bits per heavy atom. The van der Waals surface area contributed by atoms with Crippen molar-refractivity contribution in [3.63, 3.8) is 0 Å². The Labute approximate surface area is 123 Å². The summed E-state index contributed by atoms with van der Waals surface area (Å²) >= 11 is 5.83. The van der Waals surface area contributed by atoms with Gasteiger partial charge in [0.05, 0.1) is 10.7 Å². The molecule has 0 bridgehead atoms. The lowest BCUT2D eigenvalue weighted by atomic mass is 10.2. The zero-order valence-electron chi connectivity index (χ0n) is 10.9. The predicted octanol–water partition coefficient (Wildman–Crippen LogP) is 2.22. The Balaban J connectivity index is 2.65. The van der Waals surface area contributed by atoms with E-state index in [0.29, 0.717) is 0 Å². The Morgan fingerprint density at radius 2 is 2.00 bits per heavy atom. The Kier molecular flexibility index (Phi) is 5.98. The van der Waals surface area contributed by atoms with E-state index < -0.39 is 31.2 Å². The monoisotopic (exact) mass is 324 g/mol. The summed E-state index contributed by atoms with van der Waals surface area (Å²) in [7, 11) is 1.43. The molecule has 116 valence electrons. The fraction of sp³-hybridized carbons (Fsp3) is 0.333. The van der Waals surface area contributed by atoms with Gasteiger partial charge in [0, 0.05) is 12.6 Å². The molecular weight excluding hydrogens is 313 g/mol. The van der Waals surface area contributed by atoms with Crippen LogP contribution in [0.3, 0.4) is 0 Å². The average Bonchev–Trinajstić information content (AvgIpc) is 2.39. The second-order valence-electron chi connectivity index (χ2n) is 3.93. The Bertz CT molecular complexity index is 535.